The van der Waals surface area contributed by atoms with Crippen LogP contribution >= 0.6 is 11.5 Å². The maximum atomic E-state index is 12.5. The summed E-state index contributed by atoms with van der Waals surface area (Å²) in [4.78, 5) is 19.3. The molecular weight excluding hydrogens is 348 g/mol. The van der Waals surface area contributed by atoms with Gasteiger partial charge in [-0.25, -0.2) is 4.98 Å². The van der Waals surface area contributed by atoms with Crippen LogP contribution in [0.2, 0.25) is 0 Å². The number of carbonyl (C=O) groups excluding carboxylic acids is 1. The third-order valence-corrected chi connectivity index (χ3v) is 5.23. The third kappa shape index (κ3) is 4.52. The molecule has 1 atom stereocenters. The number of nitrogens with zero attached hydrogens (tertiary/aromatic N) is 3. The van der Waals surface area contributed by atoms with Crippen LogP contribution < -0.4 is 15.0 Å². The minimum atomic E-state index is -0.133. The second-order valence-corrected chi connectivity index (χ2v) is 7.74. The molecule has 1 aromatic carbocycles. The van der Waals surface area contributed by atoms with E-state index in [0.29, 0.717) is 18.9 Å². The number of amides is 1. The molecular formula is C19H26N4O2S. The van der Waals surface area contributed by atoms with E-state index in [9.17, 15) is 4.79 Å². The van der Waals surface area contributed by atoms with Crippen LogP contribution in [-0.2, 0) is 11.2 Å². The van der Waals surface area contributed by atoms with Gasteiger partial charge in [0.05, 0.1) is 7.11 Å². The number of carbonyl (C=O) groups is 1. The summed E-state index contributed by atoms with van der Waals surface area (Å²) in [5, 5.41) is 3.88. The van der Waals surface area contributed by atoms with Crippen molar-refractivity contribution in [2.24, 2.45) is 5.92 Å². The van der Waals surface area contributed by atoms with Gasteiger partial charge in [-0.1, -0.05) is 26.0 Å². The maximum Gasteiger partial charge on any atom is 0.242 e. The van der Waals surface area contributed by atoms with Gasteiger partial charge in [-0.05, 0) is 36.5 Å². The second kappa shape index (κ2) is 8.49. The standard InChI is InChI=1S/C19H26N4O2S/c1-13(2)12-20-18(24)16-8-5-9-23(16)19-21-17(22-26-19)11-14-6-4-7-15(10-14)25-3/h4,6-7,10,13,16H,5,8-9,11-12H2,1-3H3,(H,20,24)/t16-/m0/s1. The number of hydrogen-bond donors (Lipinski definition) is 1. The number of rotatable bonds is 7. The van der Waals surface area contributed by atoms with Crippen LogP contribution in [0.3, 0.4) is 0 Å². The van der Waals surface area contributed by atoms with Crippen molar-refractivity contribution in [1.82, 2.24) is 14.7 Å². The Morgan fingerprint density at radius 3 is 3.08 bits per heavy atom. The van der Waals surface area contributed by atoms with Crippen molar-refractivity contribution in [3.05, 3.63) is 35.7 Å². The average molecular weight is 375 g/mol. The smallest absolute Gasteiger partial charge is 0.242 e. The fourth-order valence-corrected chi connectivity index (χ4v) is 3.85. The van der Waals surface area contributed by atoms with Gasteiger partial charge < -0.3 is 15.0 Å². The summed E-state index contributed by atoms with van der Waals surface area (Å²) in [5.74, 6) is 2.16. The van der Waals surface area contributed by atoms with Gasteiger partial charge in [0.1, 0.15) is 17.6 Å². The molecule has 1 aliphatic rings. The number of hydrogen-bond acceptors (Lipinski definition) is 6. The Morgan fingerprint density at radius 1 is 1.46 bits per heavy atom. The predicted molar refractivity (Wildman–Crippen MR) is 104 cm³/mol. The Bertz CT molecular complexity index is 747. The number of aromatic nitrogens is 2. The molecule has 7 heteroatoms. The zero-order valence-electron chi connectivity index (χ0n) is 15.6. The van der Waals surface area contributed by atoms with Crippen LogP contribution in [0.15, 0.2) is 24.3 Å². The van der Waals surface area contributed by atoms with Gasteiger partial charge in [0.2, 0.25) is 11.0 Å². The van der Waals surface area contributed by atoms with Crippen molar-refractivity contribution in [3.63, 3.8) is 0 Å². The van der Waals surface area contributed by atoms with Crippen LogP contribution in [0.4, 0.5) is 5.13 Å². The molecule has 0 unspecified atom stereocenters. The van der Waals surface area contributed by atoms with E-state index >= 15 is 0 Å². The quantitative estimate of drug-likeness (QED) is 0.807. The summed E-state index contributed by atoms with van der Waals surface area (Å²) >= 11 is 1.38. The molecule has 0 saturated carbocycles. The van der Waals surface area contributed by atoms with Gasteiger partial charge in [0, 0.05) is 31.0 Å². The molecule has 1 aliphatic heterocycles. The highest BCUT2D eigenvalue weighted by Gasteiger charge is 2.32. The van der Waals surface area contributed by atoms with E-state index in [1.807, 2.05) is 24.3 Å². The first-order valence-corrected chi connectivity index (χ1v) is 9.84. The van der Waals surface area contributed by atoms with Crippen molar-refractivity contribution in [2.45, 2.75) is 39.2 Å². The molecule has 0 aliphatic carbocycles. The van der Waals surface area contributed by atoms with Crippen molar-refractivity contribution >= 4 is 22.6 Å². The first-order chi connectivity index (χ1) is 12.6. The number of methoxy groups -OCH3 is 1. The highest BCUT2D eigenvalue weighted by molar-refractivity contribution is 7.09. The highest BCUT2D eigenvalue weighted by Crippen LogP contribution is 2.28. The van der Waals surface area contributed by atoms with Gasteiger partial charge in [0.25, 0.3) is 0 Å². The van der Waals surface area contributed by atoms with E-state index in [1.165, 1.54) is 11.5 Å². The molecule has 1 amide bonds. The molecule has 26 heavy (non-hydrogen) atoms. The van der Waals surface area contributed by atoms with Gasteiger partial charge in [-0.15, -0.1) is 0 Å². The van der Waals surface area contributed by atoms with E-state index < -0.39 is 0 Å². The van der Waals surface area contributed by atoms with Crippen LogP contribution in [0, 0.1) is 5.92 Å². The molecule has 2 aromatic rings. The van der Waals surface area contributed by atoms with Crippen molar-refractivity contribution in [3.8, 4) is 5.75 Å². The van der Waals surface area contributed by atoms with Crippen molar-refractivity contribution in [2.75, 3.05) is 25.1 Å². The van der Waals surface area contributed by atoms with Crippen LogP contribution in [0.25, 0.3) is 0 Å². The van der Waals surface area contributed by atoms with Crippen LogP contribution in [0.1, 0.15) is 38.1 Å². The Hall–Kier alpha value is -2.15. The molecule has 3 rings (SSSR count). The summed E-state index contributed by atoms with van der Waals surface area (Å²) in [6, 6.07) is 7.80. The molecule has 140 valence electrons. The number of benzene rings is 1. The Balaban J connectivity index is 1.67. The largest absolute Gasteiger partial charge is 0.497 e. The van der Waals surface area contributed by atoms with E-state index in [0.717, 1.165) is 41.7 Å². The van der Waals surface area contributed by atoms with Crippen molar-refractivity contribution in [1.29, 1.82) is 0 Å². The Kier molecular flexibility index (Phi) is 6.08. The molecule has 1 aromatic heterocycles. The maximum absolute atomic E-state index is 12.5. The molecule has 1 fully saturated rings. The minimum Gasteiger partial charge on any atom is -0.497 e. The molecule has 0 spiro atoms. The minimum absolute atomic E-state index is 0.0979. The second-order valence-electron chi connectivity index (χ2n) is 7.01. The Labute approximate surface area is 158 Å². The summed E-state index contributed by atoms with van der Waals surface area (Å²) in [7, 11) is 1.66. The summed E-state index contributed by atoms with van der Waals surface area (Å²) in [5.41, 5.74) is 1.11. The van der Waals surface area contributed by atoms with E-state index in [1.54, 1.807) is 7.11 Å². The van der Waals surface area contributed by atoms with Crippen molar-refractivity contribution < 1.29 is 9.53 Å². The zero-order chi connectivity index (χ0) is 18.5. The molecule has 1 saturated heterocycles. The third-order valence-electron chi connectivity index (χ3n) is 4.44. The normalized spacial score (nSPS) is 16.9. The summed E-state index contributed by atoms with van der Waals surface area (Å²) in [6.45, 7) is 5.76. The van der Waals surface area contributed by atoms with Gasteiger partial charge in [-0.3, -0.25) is 4.79 Å². The lowest BCUT2D eigenvalue weighted by Gasteiger charge is -2.23. The molecule has 0 radical (unpaired) electrons. The topological polar surface area (TPSA) is 67.3 Å². The monoisotopic (exact) mass is 374 g/mol. The molecule has 2 heterocycles. The van der Waals surface area contributed by atoms with Gasteiger partial charge in [-0.2, -0.15) is 4.37 Å². The number of nitrogens with one attached hydrogen (secondary N) is 1. The molecule has 6 nitrogen and oxygen atoms in total. The van der Waals surface area contributed by atoms with Gasteiger partial charge >= 0.3 is 0 Å². The first-order valence-electron chi connectivity index (χ1n) is 9.06. The lowest BCUT2D eigenvalue weighted by atomic mass is 10.1. The lowest BCUT2D eigenvalue weighted by molar-refractivity contribution is -0.122. The number of ether oxygens (including phenoxy) is 1. The zero-order valence-corrected chi connectivity index (χ0v) is 16.4. The fourth-order valence-electron chi connectivity index (χ4n) is 3.09. The fraction of sp³-hybridized carbons (Fsp3) is 0.526. The molecule has 0 bridgehead atoms. The van der Waals surface area contributed by atoms with E-state index in [4.69, 9.17) is 4.74 Å². The summed E-state index contributed by atoms with van der Waals surface area (Å²) in [6.07, 6.45) is 2.53. The summed E-state index contributed by atoms with van der Waals surface area (Å²) < 4.78 is 9.76. The van der Waals surface area contributed by atoms with Gasteiger partial charge in [0.15, 0.2) is 0 Å². The van der Waals surface area contributed by atoms with E-state index in [2.05, 4.69) is 33.4 Å². The van der Waals surface area contributed by atoms with Crippen LogP contribution in [-0.4, -0.2) is 41.5 Å². The number of anilines is 1. The average Bonchev–Trinajstić information content (AvgIpc) is 3.28. The SMILES string of the molecule is COc1cccc(Cc2nsc(N3CCC[C@H]3C(=O)NCC(C)C)n2)c1. The highest BCUT2D eigenvalue weighted by atomic mass is 32.1. The molecule has 1 N–H and O–H groups in total. The lowest BCUT2D eigenvalue weighted by Crippen LogP contribution is -2.44. The van der Waals surface area contributed by atoms with Crippen LogP contribution in [0.5, 0.6) is 5.75 Å². The van der Waals surface area contributed by atoms with E-state index in [-0.39, 0.29) is 11.9 Å². The first kappa shape index (κ1) is 18.6. The Morgan fingerprint density at radius 2 is 2.31 bits per heavy atom. The predicted octanol–water partition coefficient (Wildman–Crippen LogP) is 2.88.